The first-order chi connectivity index (χ1) is 5.83. The zero-order valence-corrected chi connectivity index (χ0v) is 7.79. The van der Waals surface area contributed by atoms with E-state index < -0.39 is 0 Å². The van der Waals surface area contributed by atoms with E-state index in [2.05, 4.69) is 16.1 Å². The molecular formula is C9H16N2O. The normalized spacial score (nSPS) is 20.5. The summed E-state index contributed by atoms with van der Waals surface area (Å²) in [4.78, 5) is 6.41. The quantitative estimate of drug-likeness (QED) is 0.580. The summed E-state index contributed by atoms with van der Waals surface area (Å²) < 4.78 is 5.23. The first-order valence-electron chi connectivity index (χ1n) is 4.32. The van der Waals surface area contributed by atoms with Crippen molar-refractivity contribution >= 4 is 6.21 Å². The molecule has 0 unspecified atom stereocenters. The fourth-order valence-electron chi connectivity index (χ4n) is 1.21. The molecular weight excluding hydrogens is 152 g/mol. The fourth-order valence-corrected chi connectivity index (χ4v) is 1.21. The summed E-state index contributed by atoms with van der Waals surface area (Å²) in [7, 11) is 0. The van der Waals surface area contributed by atoms with Crippen molar-refractivity contribution < 1.29 is 4.74 Å². The minimum atomic E-state index is 0.833. The minimum absolute atomic E-state index is 0.833. The Hall–Kier alpha value is -0.830. The van der Waals surface area contributed by atoms with Crippen molar-refractivity contribution in [1.29, 1.82) is 0 Å². The molecule has 12 heavy (non-hydrogen) atoms. The van der Waals surface area contributed by atoms with Crippen LogP contribution in [0.5, 0.6) is 0 Å². The third-order valence-electron chi connectivity index (χ3n) is 1.75. The number of hydrogen-bond donors (Lipinski definition) is 0. The first-order valence-corrected chi connectivity index (χ1v) is 4.32. The van der Waals surface area contributed by atoms with Crippen LogP contribution < -0.4 is 0 Å². The van der Waals surface area contributed by atoms with E-state index in [9.17, 15) is 0 Å². The molecule has 1 rings (SSSR count). The lowest BCUT2D eigenvalue weighted by Crippen LogP contribution is -2.32. The highest BCUT2D eigenvalue weighted by Gasteiger charge is 2.05. The van der Waals surface area contributed by atoms with E-state index in [1.165, 1.54) is 0 Å². The molecule has 3 heteroatoms. The second-order valence-electron chi connectivity index (χ2n) is 2.81. The molecule has 0 bridgehead atoms. The van der Waals surface area contributed by atoms with Gasteiger partial charge in [-0.25, -0.2) is 0 Å². The second kappa shape index (κ2) is 4.93. The number of ether oxygens (including phenoxy) is 1. The Bertz CT molecular complexity index is 181. The zero-order valence-electron chi connectivity index (χ0n) is 7.79. The van der Waals surface area contributed by atoms with Gasteiger partial charge in [0, 0.05) is 25.5 Å². The molecule has 1 fully saturated rings. The first kappa shape index (κ1) is 9.26. The standard InChI is InChI=1S/C9H16N2O/c1-3-10-9(2)8-11-4-6-12-7-5-11/h3,8H,4-7H2,1-2H3/b9-8-,10-3?. The van der Waals surface area contributed by atoms with Crippen LogP contribution in [0, 0.1) is 0 Å². The number of allylic oxidation sites excluding steroid dienone is 1. The highest BCUT2D eigenvalue weighted by molar-refractivity contribution is 5.55. The average Bonchev–Trinajstić information content (AvgIpc) is 2.06. The van der Waals surface area contributed by atoms with Crippen molar-refractivity contribution in [2.75, 3.05) is 26.3 Å². The summed E-state index contributed by atoms with van der Waals surface area (Å²) in [6.45, 7) is 7.57. The van der Waals surface area contributed by atoms with Crippen LogP contribution in [0.3, 0.4) is 0 Å². The smallest absolute Gasteiger partial charge is 0.0642 e. The SMILES string of the molecule is CC=N/C(C)=C\N1CCOCC1. The third-order valence-corrected chi connectivity index (χ3v) is 1.75. The summed E-state index contributed by atoms with van der Waals surface area (Å²) in [6, 6.07) is 0. The van der Waals surface area contributed by atoms with Gasteiger partial charge in [0.15, 0.2) is 0 Å². The molecule has 0 atom stereocenters. The Morgan fingerprint density at radius 1 is 1.42 bits per heavy atom. The number of nitrogens with zero attached hydrogens (tertiary/aromatic N) is 2. The Balaban J connectivity index is 2.41. The molecule has 0 aliphatic carbocycles. The lowest BCUT2D eigenvalue weighted by molar-refractivity contribution is 0.0590. The molecule has 0 radical (unpaired) electrons. The molecule has 1 saturated heterocycles. The van der Waals surface area contributed by atoms with Gasteiger partial charge in [0.05, 0.1) is 18.9 Å². The van der Waals surface area contributed by atoms with E-state index in [1.54, 1.807) is 0 Å². The predicted octanol–water partition coefficient (Wildman–Crippen LogP) is 1.27. The van der Waals surface area contributed by atoms with E-state index in [0.29, 0.717) is 0 Å². The Morgan fingerprint density at radius 2 is 2.08 bits per heavy atom. The number of rotatable bonds is 2. The van der Waals surface area contributed by atoms with Gasteiger partial charge in [0.2, 0.25) is 0 Å². The topological polar surface area (TPSA) is 24.8 Å². The summed E-state index contributed by atoms with van der Waals surface area (Å²) in [5.74, 6) is 0. The average molecular weight is 168 g/mol. The molecule has 0 aromatic rings. The molecule has 1 aliphatic rings. The van der Waals surface area contributed by atoms with E-state index in [4.69, 9.17) is 4.74 Å². The number of aliphatic imine (C=N–C) groups is 1. The summed E-state index contributed by atoms with van der Waals surface area (Å²) >= 11 is 0. The van der Waals surface area contributed by atoms with Gasteiger partial charge in [0.1, 0.15) is 0 Å². The summed E-state index contributed by atoms with van der Waals surface area (Å²) in [5.41, 5.74) is 1.06. The minimum Gasteiger partial charge on any atom is -0.378 e. The third kappa shape index (κ3) is 3.05. The molecule has 3 nitrogen and oxygen atoms in total. The Morgan fingerprint density at radius 3 is 2.67 bits per heavy atom. The van der Waals surface area contributed by atoms with Crippen LogP contribution in [0.2, 0.25) is 0 Å². The second-order valence-corrected chi connectivity index (χ2v) is 2.81. The predicted molar refractivity (Wildman–Crippen MR) is 50.3 cm³/mol. The molecule has 0 aromatic heterocycles. The lowest BCUT2D eigenvalue weighted by Gasteiger charge is -2.25. The molecule has 0 spiro atoms. The van der Waals surface area contributed by atoms with Gasteiger partial charge in [-0.3, -0.25) is 4.99 Å². The van der Waals surface area contributed by atoms with Crippen LogP contribution in [-0.4, -0.2) is 37.4 Å². The van der Waals surface area contributed by atoms with Crippen molar-refractivity contribution in [3.05, 3.63) is 11.9 Å². The van der Waals surface area contributed by atoms with Crippen molar-refractivity contribution in [3.63, 3.8) is 0 Å². The maximum Gasteiger partial charge on any atom is 0.0642 e. The van der Waals surface area contributed by atoms with Crippen molar-refractivity contribution in [2.24, 2.45) is 4.99 Å². The van der Waals surface area contributed by atoms with Crippen molar-refractivity contribution in [3.8, 4) is 0 Å². The van der Waals surface area contributed by atoms with Gasteiger partial charge < -0.3 is 9.64 Å². The van der Waals surface area contributed by atoms with Gasteiger partial charge in [-0.2, -0.15) is 0 Å². The van der Waals surface area contributed by atoms with Crippen LogP contribution in [-0.2, 0) is 4.74 Å². The van der Waals surface area contributed by atoms with Crippen molar-refractivity contribution in [2.45, 2.75) is 13.8 Å². The molecule has 0 saturated carbocycles. The maximum absolute atomic E-state index is 5.23. The number of morpholine rings is 1. The molecule has 1 heterocycles. The van der Waals surface area contributed by atoms with Crippen LogP contribution in [0.15, 0.2) is 16.9 Å². The van der Waals surface area contributed by atoms with Gasteiger partial charge in [-0.15, -0.1) is 0 Å². The molecule has 0 amide bonds. The fraction of sp³-hybridized carbons (Fsp3) is 0.667. The summed E-state index contributed by atoms with van der Waals surface area (Å²) in [5, 5.41) is 0. The van der Waals surface area contributed by atoms with E-state index in [-0.39, 0.29) is 0 Å². The Kier molecular flexibility index (Phi) is 3.80. The monoisotopic (exact) mass is 168 g/mol. The molecule has 0 N–H and O–H groups in total. The molecule has 1 aliphatic heterocycles. The highest BCUT2D eigenvalue weighted by atomic mass is 16.5. The van der Waals surface area contributed by atoms with Gasteiger partial charge in [-0.05, 0) is 13.8 Å². The zero-order chi connectivity index (χ0) is 8.81. The van der Waals surface area contributed by atoms with Crippen LogP contribution >= 0.6 is 0 Å². The van der Waals surface area contributed by atoms with Crippen LogP contribution in [0.1, 0.15) is 13.8 Å². The highest BCUT2D eigenvalue weighted by Crippen LogP contribution is 2.01. The van der Waals surface area contributed by atoms with Gasteiger partial charge >= 0.3 is 0 Å². The largest absolute Gasteiger partial charge is 0.378 e. The lowest BCUT2D eigenvalue weighted by atomic mass is 10.4. The van der Waals surface area contributed by atoms with Gasteiger partial charge in [0.25, 0.3) is 0 Å². The van der Waals surface area contributed by atoms with Crippen LogP contribution in [0.4, 0.5) is 0 Å². The van der Waals surface area contributed by atoms with E-state index in [0.717, 1.165) is 32.0 Å². The van der Waals surface area contributed by atoms with E-state index >= 15 is 0 Å². The molecule has 0 aromatic carbocycles. The van der Waals surface area contributed by atoms with Crippen molar-refractivity contribution in [1.82, 2.24) is 4.90 Å². The van der Waals surface area contributed by atoms with Gasteiger partial charge in [-0.1, -0.05) is 0 Å². The Labute approximate surface area is 73.7 Å². The number of hydrogen-bond acceptors (Lipinski definition) is 3. The van der Waals surface area contributed by atoms with Crippen LogP contribution in [0.25, 0.3) is 0 Å². The molecule has 68 valence electrons. The maximum atomic E-state index is 5.23. The van der Waals surface area contributed by atoms with E-state index in [1.807, 2.05) is 20.1 Å². The summed E-state index contributed by atoms with van der Waals surface area (Å²) in [6.07, 6.45) is 3.90.